The number of nitrogens with two attached hydrogens (primary N) is 1. The fourth-order valence-corrected chi connectivity index (χ4v) is 2.19. The van der Waals surface area contributed by atoms with Crippen LogP contribution in [0.25, 0.3) is 0 Å². The predicted molar refractivity (Wildman–Crippen MR) is 79.7 cm³/mol. The minimum atomic E-state index is 0.705. The van der Waals surface area contributed by atoms with Crippen molar-refractivity contribution in [2.45, 2.75) is 26.9 Å². The molecule has 0 aliphatic heterocycles. The number of nitrogens with zero attached hydrogens (tertiary/aromatic N) is 2. The highest BCUT2D eigenvalue weighted by Gasteiger charge is 2.06. The first-order chi connectivity index (χ1) is 9.69. The lowest BCUT2D eigenvalue weighted by Gasteiger charge is -2.09. The second kappa shape index (κ2) is 7.10. The highest BCUT2D eigenvalue weighted by molar-refractivity contribution is 5.28. The van der Waals surface area contributed by atoms with Gasteiger partial charge in [-0.15, -0.1) is 0 Å². The molecule has 0 atom stereocenters. The Hall–Kier alpha value is -1.81. The van der Waals surface area contributed by atoms with Gasteiger partial charge in [0.1, 0.15) is 12.3 Å². The van der Waals surface area contributed by atoms with Crippen LogP contribution < -0.4 is 10.1 Å². The Bertz CT molecular complexity index is 534. The molecule has 2 aromatic rings. The third kappa shape index (κ3) is 4.10. The molecule has 1 heterocycles. The largest absolute Gasteiger partial charge is 0.497 e. The van der Waals surface area contributed by atoms with E-state index in [2.05, 4.69) is 40.8 Å². The maximum atomic E-state index is 5.26. The molecule has 0 bridgehead atoms. The van der Waals surface area contributed by atoms with Crippen LogP contribution in [0.1, 0.15) is 25.2 Å². The van der Waals surface area contributed by atoms with Gasteiger partial charge in [-0.2, -0.15) is 0 Å². The monoisotopic (exact) mass is 274 g/mol. The van der Waals surface area contributed by atoms with Crippen molar-refractivity contribution in [3.8, 4) is 5.75 Å². The molecule has 20 heavy (non-hydrogen) atoms. The van der Waals surface area contributed by atoms with E-state index in [0.29, 0.717) is 5.92 Å². The number of imidazole rings is 1. The molecule has 108 valence electrons. The lowest BCUT2D eigenvalue weighted by molar-refractivity contribution is -0.676. The Balaban J connectivity index is 2.00. The Morgan fingerprint density at radius 2 is 2.20 bits per heavy atom. The Morgan fingerprint density at radius 1 is 1.35 bits per heavy atom. The number of ether oxygens (including phenoxy) is 1. The van der Waals surface area contributed by atoms with E-state index >= 15 is 0 Å². The molecule has 0 aliphatic rings. The summed E-state index contributed by atoms with van der Waals surface area (Å²) in [6.07, 6.45) is 3.91. The van der Waals surface area contributed by atoms with Crippen LogP contribution in [-0.2, 0) is 13.1 Å². The lowest BCUT2D eigenvalue weighted by Crippen LogP contribution is -2.83. The van der Waals surface area contributed by atoms with Crippen LogP contribution in [0, 0.1) is 5.92 Å². The molecule has 1 aromatic carbocycles. The van der Waals surface area contributed by atoms with Crippen LogP contribution in [-0.4, -0.2) is 23.2 Å². The van der Waals surface area contributed by atoms with E-state index in [4.69, 9.17) is 4.74 Å². The summed E-state index contributed by atoms with van der Waals surface area (Å²) in [6.45, 7) is 7.36. The topological polar surface area (TPSA) is 43.7 Å². The van der Waals surface area contributed by atoms with Gasteiger partial charge in [0.2, 0.25) is 0 Å². The average Bonchev–Trinajstić information content (AvgIpc) is 2.86. The molecule has 0 saturated carbocycles. The van der Waals surface area contributed by atoms with Crippen molar-refractivity contribution in [2.24, 2.45) is 5.92 Å². The van der Waals surface area contributed by atoms with Gasteiger partial charge in [0, 0.05) is 24.9 Å². The summed E-state index contributed by atoms with van der Waals surface area (Å²) in [7, 11) is 1.70. The molecular formula is C16H24N3O+. The molecule has 0 saturated heterocycles. The molecule has 0 aliphatic carbocycles. The molecule has 4 heteroatoms. The summed E-state index contributed by atoms with van der Waals surface area (Å²) in [6, 6.07) is 8.18. The van der Waals surface area contributed by atoms with Crippen LogP contribution in [0.3, 0.4) is 0 Å². The molecule has 0 fully saturated rings. The van der Waals surface area contributed by atoms with E-state index in [0.717, 1.165) is 31.2 Å². The standard InChI is InChI=1S/C16H23N3O/c1-13(2)10-17-11-16-18-7-8-19(16)12-14-5-4-6-15(9-14)20-3/h4-9,13,17H,10-12H2,1-3H3/p+1. The summed E-state index contributed by atoms with van der Waals surface area (Å²) in [5.41, 5.74) is 1.23. The van der Waals surface area contributed by atoms with Gasteiger partial charge in [-0.25, -0.2) is 4.98 Å². The van der Waals surface area contributed by atoms with Crippen LogP contribution >= 0.6 is 0 Å². The van der Waals surface area contributed by atoms with E-state index in [1.807, 2.05) is 24.5 Å². The number of aromatic nitrogens is 2. The number of benzene rings is 1. The van der Waals surface area contributed by atoms with Gasteiger partial charge in [0.05, 0.1) is 13.7 Å². The number of methoxy groups -OCH3 is 1. The van der Waals surface area contributed by atoms with E-state index in [1.165, 1.54) is 5.56 Å². The third-order valence-electron chi connectivity index (χ3n) is 3.25. The first-order valence-electron chi connectivity index (χ1n) is 7.13. The van der Waals surface area contributed by atoms with Gasteiger partial charge in [-0.1, -0.05) is 26.0 Å². The number of hydrogen-bond acceptors (Lipinski definition) is 2. The van der Waals surface area contributed by atoms with Crippen molar-refractivity contribution in [1.82, 2.24) is 9.55 Å². The van der Waals surface area contributed by atoms with E-state index in [1.54, 1.807) is 7.11 Å². The summed E-state index contributed by atoms with van der Waals surface area (Å²) in [4.78, 5) is 4.45. The minimum Gasteiger partial charge on any atom is -0.497 e. The zero-order chi connectivity index (χ0) is 14.4. The van der Waals surface area contributed by atoms with Crippen molar-refractivity contribution in [2.75, 3.05) is 13.7 Å². The second-order valence-corrected chi connectivity index (χ2v) is 5.45. The average molecular weight is 274 g/mol. The molecule has 0 unspecified atom stereocenters. The van der Waals surface area contributed by atoms with E-state index < -0.39 is 0 Å². The smallest absolute Gasteiger partial charge is 0.164 e. The van der Waals surface area contributed by atoms with Crippen LogP contribution in [0.2, 0.25) is 0 Å². The van der Waals surface area contributed by atoms with Crippen LogP contribution in [0.4, 0.5) is 0 Å². The van der Waals surface area contributed by atoms with Crippen molar-refractivity contribution in [3.05, 3.63) is 48.0 Å². The first-order valence-corrected chi connectivity index (χ1v) is 7.13. The highest BCUT2D eigenvalue weighted by Crippen LogP contribution is 2.14. The predicted octanol–water partition coefficient (Wildman–Crippen LogP) is 1.66. The Labute approximate surface area is 120 Å². The van der Waals surface area contributed by atoms with Gasteiger partial charge < -0.3 is 14.6 Å². The van der Waals surface area contributed by atoms with Gasteiger partial charge >= 0.3 is 0 Å². The van der Waals surface area contributed by atoms with Gasteiger partial charge in [0.25, 0.3) is 0 Å². The van der Waals surface area contributed by atoms with Gasteiger partial charge in [-0.3, -0.25) is 0 Å². The fourth-order valence-electron chi connectivity index (χ4n) is 2.19. The molecular weight excluding hydrogens is 250 g/mol. The van der Waals surface area contributed by atoms with Crippen molar-refractivity contribution in [1.29, 1.82) is 0 Å². The lowest BCUT2D eigenvalue weighted by atomic mass is 10.2. The summed E-state index contributed by atoms with van der Waals surface area (Å²) < 4.78 is 7.46. The Kier molecular flexibility index (Phi) is 5.18. The van der Waals surface area contributed by atoms with Gasteiger partial charge in [0.15, 0.2) is 5.82 Å². The maximum absolute atomic E-state index is 5.26. The van der Waals surface area contributed by atoms with Crippen molar-refractivity contribution >= 4 is 0 Å². The highest BCUT2D eigenvalue weighted by atomic mass is 16.5. The molecule has 2 rings (SSSR count). The van der Waals surface area contributed by atoms with Crippen molar-refractivity contribution < 1.29 is 10.1 Å². The van der Waals surface area contributed by atoms with E-state index in [9.17, 15) is 0 Å². The van der Waals surface area contributed by atoms with Crippen LogP contribution in [0.5, 0.6) is 5.75 Å². The van der Waals surface area contributed by atoms with Gasteiger partial charge in [-0.05, 0) is 17.7 Å². The third-order valence-corrected chi connectivity index (χ3v) is 3.25. The minimum absolute atomic E-state index is 0.705. The quantitative estimate of drug-likeness (QED) is 0.834. The van der Waals surface area contributed by atoms with Crippen LogP contribution in [0.15, 0.2) is 36.7 Å². The normalized spacial score (nSPS) is 11.0. The fraction of sp³-hybridized carbons (Fsp3) is 0.438. The number of quaternary nitrogens is 1. The second-order valence-electron chi connectivity index (χ2n) is 5.45. The zero-order valence-corrected chi connectivity index (χ0v) is 12.5. The Morgan fingerprint density at radius 3 is 2.95 bits per heavy atom. The number of hydrogen-bond donors (Lipinski definition) is 1. The summed E-state index contributed by atoms with van der Waals surface area (Å²) in [5, 5.41) is 2.31. The molecule has 4 nitrogen and oxygen atoms in total. The maximum Gasteiger partial charge on any atom is 0.164 e. The molecule has 1 aromatic heterocycles. The summed E-state index contributed by atoms with van der Waals surface area (Å²) >= 11 is 0. The summed E-state index contributed by atoms with van der Waals surface area (Å²) in [5.74, 6) is 2.72. The van der Waals surface area contributed by atoms with Crippen molar-refractivity contribution in [3.63, 3.8) is 0 Å². The molecule has 0 spiro atoms. The zero-order valence-electron chi connectivity index (χ0n) is 12.5. The number of rotatable bonds is 7. The SMILES string of the molecule is COc1cccc(Cn2ccnc2C[NH2+]CC(C)C)c1. The first kappa shape index (κ1) is 14.6. The molecule has 2 N–H and O–H groups in total. The molecule has 0 radical (unpaired) electrons. The van der Waals surface area contributed by atoms with E-state index in [-0.39, 0.29) is 0 Å². The molecule has 0 amide bonds.